The summed E-state index contributed by atoms with van der Waals surface area (Å²) >= 11 is 0. The van der Waals surface area contributed by atoms with Gasteiger partial charge in [0.25, 0.3) is 0 Å². The second-order valence-electron chi connectivity index (χ2n) is 4.46. The Hall–Kier alpha value is -0.810. The fourth-order valence-electron chi connectivity index (χ4n) is 2.53. The van der Waals surface area contributed by atoms with Crippen molar-refractivity contribution in [3.8, 4) is 0 Å². The van der Waals surface area contributed by atoms with Crippen LogP contribution in [-0.2, 0) is 0 Å². The molecule has 2 fully saturated rings. The van der Waals surface area contributed by atoms with E-state index in [9.17, 15) is 9.90 Å². The monoisotopic (exact) mass is 214 g/mol. The van der Waals surface area contributed by atoms with E-state index in [4.69, 9.17) is 5.11 Å². The quantitative estimate of drug-likeness (QED) is 0.654. The SMILES string of the molecule is O=C(O)N1CCC[C@H](N2CCC(O)C2)C1. The van der Waals surface area contributed by atoms with Crippen molar-refractivity contribution in [3.05, 3.63) is 0 Å². The minimum absolute atomic E-state index is 0.217. The molecule has 86 valence electrons. The zero-order chi connectivity index (χ0) is 10.8. The molecule has 0 spiro atoms. The number of piperidine rings is 1. The van der Waals surface area contributed by atoms with Gasteiger partial charge in [0, 0.05) is 32.2 Å². The average molecular weight is 214 g/mol. The van der Waals surface area contributed by atoms with Gasteiger partial charge < -0.3 is 15.1 Å². The second-order valence-corrected chi connectivity index (χ2v) is 4.46. The number of hydrogen-bond donors (Lipinski definition) is 2. The summed E-state index contributed by atoms with van der Waals surface area (Å²) in [6.45, 7) is 2.86. The molecule has 0 aromatic carbocycles. The molecule has 0 aromatic heterocycles. The molecule has 2 aliphatic rings. The molecule has 2 saturated heterocycles. The molecule has 1 unspecified atom stereocenters. The highest BCUT2D eigenvalue weighted by molar-refractivity contribution is 5.65. The summed E-state index contributed by atoms with van der Waals surface area (Å²) in [5, 5.41) is 18.3. The van der Waals surface area contributed by atoms with Crippen molar-refractivity contribution >= 4 is 6.09 Å². The molecule has 0 aliphatic carbocycles. The van der Waals surface area contributed by atoms with Gasteiger partial charge in [-0.25, -0.2) is 4.79 Å². The summed E-state index contributed by atoms with van der Waals surface area (Å²) < 4.78 is 0. The number of aliphatic hydroxyl groups excluding tert-OH is 1. The van der Waals surface area contributed by atoms with E-state index in [1.165, 1.54) is 4.90 Å². The predicted molar refractivity (Wildman–Crippen MR) is 54.8 cm³/mol. The lowest BCUT2D eigenvalue weighted by Crippen LogP contribution is -2.48. The Morgan fingerprint density at radius 2 is 2.00 bits per heavy atom. The van der Waals surface area contributed by atoms with Crippen LogP contribution in [0.3, 0.4) is 0 Å². The third-order valence-corrected chi connectivity index (χ3v) is 3.38. The van der Waals surface area contributed by atoms with E-state index in [1.54, 1.807) is 0 Å². The van der Waals surface area contributed by atoms with Gasteiger partial charge in [0.05, 0.1) is 6.10 Å². The van der Waals surface area contributed by atoms with Crippen LogP contribution in [0.15, 0.2) is 0 Å². The van der Waals surface area contributed by atoms with Crippen LogP contribution in [0.5, 0.6) is 0 Å². The Morgan fingerprint density at radius 3 is 2.60 bits per heavy atom. The van der Waals surface area contributed by atoms with Crippen molar-refractivity contribution in [1.29, 1.82) is 0 Å². The van der Waals surface area contributed by atoms with E-state index in [2.05, 4.69) is 4.90 Å². The Labute approximate surface area is 89.3 Å². The zero-order valence-corrected chi connectivity index (χ0v) is 8.80. The van der Waals surface area contributed by atoms with Crippen molar-refractivity contribution in [3.63, 3.8) is 0 Å². The van der Waals surface area contributed by atoms with E-state index < -0.39 is 6.09 Å². The molecule has 2 aliphatic heterocycles. The van der Waals surface area contributed by atoms with Crippen molar-refractivity contribution < 1.29 is 15.0 Å². The highest BCUT2D eigenvalue weighted by Gasteiger charge is 2.31. The number of amides is 1. The van der Waals surface area contributed by atoms with Gasteiger partial charge in [-0.05, 0) is 19.3 Å². The Kier molecular flexibility index (Phi) is 3.11. The maximum Gasteiger partial charge on any atom is 0.407 e. The molecule has 1 amide bonds. The van der Waals surface area contributed by atoms with Crippen LogP contribution in [0.1, 0.15) is 19.3 Å². The van der Waals surface area contributed by atoms with Gasteiger partial charge in [-0.2, -0.15) is 0 Å². The molecule has 2 atom stereocenters. The van der Waals surface area contributed by atoms with Gasteiger partial charge in [0.2, 0.25) is 0 Å². The van der Waals surface area contributed by atoms with E-state index in [0.717, 1.165) is 25.8 Å². The minimum Gasteiger partial charge on any atom is -0.465 e. The number of aliphatic hydroxyl groups is 1. The molecule has 15 heavy (non-hydrogen) atoms. The van der Waals surface area contributed by atoms with Crippen molar-refractivity contribution in [1.82, 2.24) is 9.80 Å². The molecular formula is C10H18N2O3. The van der Waals surface area contributed by atoms with Crippen LogP contribution in [0.4, 0.5) is 4.79 Å². The summed E-state index contributed by atoms with van der Waals surface area (Å²) in [5.74, 6) is 0. The first-order valence-corrected chi connectivity index (χ1v) is 5.57. The van der Waals surface area contributed by atoms with Gasteiger partial charge in [0.1, 0.15) is 0 Å². The lowest BCUT2D eigenvalue weighted by Gasteiger charge is -2.36. The second kappa shape index (κ2) is 4.37. The van der Waals surface area contributed by atoms with Crippen LogP contribution in [0.2, 0.25) is 0 Å². The van der Waals surface area contributed by atoms with E-state index in [-0.39, 0.29) is 6.10 Å². The first-order valence-electron chi connectivity index (χ1n) is 5.57. The number of hydrogen-bond acceptors (Lipinski definition) is 3. The van der Waals surface area contributed by atoms with Gasteiger partial charge in [0.15, 0.2) is 0 Å². The number of likely N-dealkylation sites (tertiary alicyclic amines) is 2. The van der Waals surface area contributed by atoms with Crippen LogP contribution in [0, 0.1) is 0 Å². The van der Waals surface area contributed by atoms with Crippen molar-refractivity contribution in [2.75, 3.05) is 26.2 Å². The molecule has 5 nitrogen and oxygen atoms in total. The largest absolute Gasteiger partial charge is 0.465 e. The summed E-state index contributed by atoms with van der Waals surface area (Å²) in [5.41, 5.74) is 0. The summed E-state index contributed by atoms with van der Waals surface area (Å²) in [7, 11) is 0. The molecule has 0 saturated carbocycles. The van der Waals surface area contributed by atoms with E-state index in [1.807, 2.05) is 0 Å². The first kappa shape index (κ1) is 10.7. The number of nitrogens with zero attached hydrogens (tertiary/aromatic N) is 2. The van der Waals surface area contributed by atoms with Crippen LogP contribution >= 0.6 is 0 Å². The molecule has 2 N–H and O–H groups in total. The molecule has 5 heteroatoms. The fraction of sp³-hybridized carbons (Fsp3) is 0.900. The van der Waals surface area contributed by atoms with E-state index >= 15 is 0 Å². The molecule has 0 bridgehead atoms. The maximum absolute atomic E-state index is 10.8. The maximum atomic E-state index is 10.8. The first-order chi connectivity index (χ1) is 7.16. The predicted octanol–water partition coefficient (Wildman–Crippen LogP) is 0.195. The molecule has 2 rings (SSSR count). The molecule has 2 heterocycles. The zero-order valence-electron chi connectivity index (χ0n) is 8.80. The number of rotatable bonds is 1. The highest BCUT2D eigenvalue weighted by Crippen LogP contribution is 2.20. The Morgan fingerprint density at radius 1 is 1.20 bits per heavy atom. The standard InChI is InChI=1S/C10H18N2O3/c13-9-3-5-11(7-9)8-2-1-4-12(6-8)10(14)15/h8-9,13H,1-7H2,(H,14,15)/t8-,9?/m0/s1. The van der Waals surface area contributed by atoms with Gasteiger partial charge in [-0.1, -0.05) is 0 Å². The highest BCUT2D eigenvalue weighted by atomic mass is 16.4. The minimum atomic E-state index is -0.820. The summed E-state index contributed by atoms with van der Waals surface area (Å²) in [6.07, 6.45) is 1.77. The average Bonchev–Trinajstić information content (AvgIpc) is 2.65. The summed E-state index contributed by atoms with van der Waals surface area (Å²) in [6, 6.07) is 0.312. The van der Waals surface area contributed by atoms with Gasteiger partial charge >= 0.3 is 6.09 Å². The Bertz CT molecular complexity index is 247. The third-order valence-electron chi connectivity index (χ3n) is 3.38. The van der Waals surface area contributed by atoms with Crippen LogP contribution in [0.25, 0.3) is 0 Å². The fourth-order valence-corrected chi connectivity index (χ4v) is 2.53. The Balaban J connectivity index is 1.90. The molecular weight excluding hydrogens is 196 g/mol. The molecule has 0 radical (unpaired) electrons. The topological polar surface area (TPSA) is 64.0 Å². The van der Waals surface area contributed by atoms with Gasteiger partial charge in [-0.15, -0.1) is 0 Å². The van der Waals surface area contributed by atoms with Crippen LogP contribution < -0.4 is 0 Å². The van der Waals surface area contributed by atoms with Crippen LogP contribution in [-0.4, -0.2) is 64.4 Å². The number of carboxylic acid groups (broad SMARTS) is 1. The number of β-amino-alcohol motifs (C(OH)–C–C–N with tert-alkyl or cyclic N) is 1. The van der Waals surface area contributed by atoms with Crippen molar-refractivity contribution in [2.45, 2.75) is 31.4 Å². The third kappa shape index (κ3) is 2.41. The molecule has 0 aromatic rings. The lowest BCUT2D eigenvalue weighted by molar-refractivity contribution is 0.0885. The van der Waals surface area contributed by atoms with Gasteiger partial charge in [-0.3, -0.25) is 4.90 Å². The normalized spacial score (nSPS) is 33.3. The van der Waals surface area contributed by atoms with Crippen molar-refractivity contribution in [2.24, 2.45) is 0 Å². The lowest BCUT2D eigenvalue weighted by atomic mass is 10.1. The smallest absolute Gasteiger partial charge is 0.407 e. The van der Waals surface area contributed by atoms with E-state index in [0.29, 0.717) is 25.7 Å². The summed E-state index contributed by atoms with van der Waals surface area (Å²) in [4.78, 5) is 14.5. The number of carbonyl (C=O) groups is 1.